The van der Waals surface area contributed by atoms with E-state index < -0.39 is 5.41 Å². The molecule has 1 fully saturated rings. The Morgan fingerprint density at radius 2 is 1.64 bits per heavy atom. The molecular formula is C17H24N2O3. The van der Waals surface area contributed by atoms with Crippen LogP contribution in [-0.4, -0.2) is 43.0 Å². The normalized spacial score (nSPS) is 15.5. The number of nitrogens with zero attached hydrogens (tertiary/aromatic N) is 1. The molecule has 0 spiro atoms. The Morgan fingerprint density at radius 3 is 2.18 bits per heavy atom. The first kappa shape index (κ1) is 16.5. The number of morpholine rings is 1. The van der Waals surface area contributed by atoms with Crippen LogP contribution in [-0.2, 0) is 14.3 Å². The first-order chi connectivity index (χ1) is 10.3. The van der Waals surface area contributed by atoms with Gasteiger partial charge in [-0.05, 0) is 51.0 Å². The summed E-state index contributed by atoms with van der Waals surface area (Å²) >= 11 is 0. The van der Waals surface area contributed by atoms with Gasteiger partial charge in [-0.3, -0.25) is 9.59 Å². The first-order valence-corrected chi connectivity index (χ1v) is 7.57. The fourth-order valence-corrected chi connectivity index (χ4v) is 2.59. The second-order valence-corrected chi connectivity index (χ2v) is 6.36. The molecule has 0 unspecified atom stereocenters. The number of carbonyl (C=O) groups excluding carboxylic acids is 2. The Bertz CT molecular complexity index is 555. The molecule has 1 aromatic carbocycles. The third-order valence-corrected chi connectivity index (χ3v) is 3.88. The Kier molecular flexibility index (Phi) is 4.86. The number of rotatable bonds is 3. The second-order valence-electron chi connectivity index (χ2n) is 6.36. The lowest BCUT2D eigenvalue weighted by Crippen LogP contribution is -2.51. The maximum absolute atomic E-state index is 12.6. The van der Waals surface area contributed by atoms with E-state index in [2.05, 4.69) is 5.32 Å². The largest absolute Gasteiger partial charge is 0.378 e. The van der Waals surface area contributed by atoms with E-state index in [1.54, 1.807) is 18.7 Å². The number of ether oxygens (including phenoxy) is 1. The van der Waals surface area contributed by atoms with Crippen LogP contribution in [0.4, 0.5) is 5.69 Å². The molecule has 22 heavy (non-hydrogen) atoms. The fraction of sp³-hybridized carbons (Fsp3) is 0.529. The van der Waals surface area contributed by atoms with Crippen LogP contribution in [0.5, 0.6) is 0 Å². The Balaban J connectivity index is 2.10. The number of nitrogens with one attached hydrogen (secondary N) is 1. The van der Waals surface area contributed by atoms with Crippen LogP contribution in [0.15, 0.2) is 18.2 Å². The molecular weight excluding hydrogens is 280 g/mol. The smallest absolute Gasteiger partial charge is 0.239 e. The zero-order chi connectivity index (χ0) is 16.3. The average molecular weight is 304 g/mol. The van der Waals surface area contributed by atoms with Crippen molar-refractivity contribution in [3.63, 3.8) is 0 Å². The van der Waals surface area contributed by atoms with Crippen molar-refractivity contribution in [1.29, 1.82) is 0 Å². The summed E-state index contributed by atoms with van der Waals surface area (Å²) in [6.07, 6.45) is 0. The SMILES string of the molecule is Cc1cc(C)cc(NC(=O)C(C)(C)C(=O)N2CCOCC2)c1. The number of hydrogen-bond acceptors (Lipinski definition) is 3. The van der Waals surface area contributed by atoms with Crippen LogP contribution < -0.4 is 5.32 Å². The lowest BCUT2D eigenvalue weighted by Gasteiger charge is -2.33. The zero-order valence-electron chi connectivity index (χ0n) is 13.7. The molecule has 120 valence electrons. The van der Waals surface area contributed by atoms with Crippen LogP contribution in [0.3, 0.4) is 0 Å². The summed E-state index contributed by atoms with van der Waals surface area (Å²) in [6, 6.07) is 5.85. The summed E-state index contributed by atoms with van der Waals surface area (Å²) in [4.78, 5) is 26.8. The van der Waals surface area contributed by atoms with Gasteiger partial charge in [-0.2, -0.15) is 0 Å². The van der Waals surface area contributed by atoms with E-state index in [1.165, 1.54) is 0 Å². The summed E-state index contributed by atoms with van der Waals surface area (Å²) < 4.78 is 5.25. The van der Waals surface area contributed by atoms with E-state index in [-0.39, 0.29) is 11.8 Å². The van der Waals surface area contributed by atoms with Crippen LogP contribution in [0.1, 0.15) is 25.0 Å². The van der Waals surface area contributed by atoms with E-state index in [4.69, 9.17) is 4.74 Å². The second kappa shape index (κ2) is 6.48. The van der Waals surface area contributed by atoms with Crippen molar-refractivity contribution in [1.82, 2.24) is 4.90 Å². The van der Waals surface area contributed by atoms with Crippen molar-refractivity contribution in [2.45, 2.75) is 27.7 Å². The van der Waals surface area contributed by atoms with Crippen molar-refractivity contribution >= 4 is 17.5 Å². The highest BCUT2D eigenvalue weighted by molar-refractivity contribution is 6.09. The fourth-order valence-electron chi connectivity index (χ4n) is 2.59. The van der Waals surface area contributed by atoms with Gasteiger partial charge in [0.1, 0.15) is 5.41 Å². The molecule has 0 aromatic heterocycles. The third kappa shape index (κ3) is 3.65. The predicted octanol–water partition coefficient (Wildman–Crippen LogP) is 2.13. The summed E-state index contributed by atoms with van der Waals surface area (Å²) in [6.45, 7) is 9.43. The van der Waals surface area contributed by atoms with E-state index >= 15 is 0 Å². The van der Waals surface area contributed by atoms with E-state index in [0.717, 1.165) is 16.8 Å². The van der Waals surface area contributed by atoms with Crippen molar-refractivity contribution in [2.75, 3.05) is 31.6 Å². The van der Waals surface area contributed by atoms with Crippen molar-refractivity contribution in [3.8, 4) is 0 Å². The van der Waals surface area contributed by atoms with Gasteiger partial charge in [0.25, 0.3) is 0 Å². The molecule has 1 N–H and O–H groups in total. The van der Waals surface area contributed by atoms with Gasteiger partial charge in [-0.1, -0.05) is 6.07 Å². The summed E-state index contributed by atoms with van der Waals surface area (Å²) in [5.41, 5.74) is 1.78. The van der Waals surface area contributed by atoms with Crippen LogP contribution in [0.25, 0.3) is 0 Å². The summed E-state index contributed by atoms with van der Waals surface area (Å²) in [7, 11) is 0. The molecule has 2 rings (SSSR count). The molecule has 1 saturated heterocycles. The van der Waals surface area contributed by atoms with Crippen LogP contribution >= 0.6 is 0 Å². The van der Waals surface area contributed by atoms with Crippen molar-refractivity contribution in [3.05, 3.63) is 29.3 Å². The highest BCUT2D eigenvalue weighted by Crippen LogP contribution is 2.23. The van der Waals surface area contributed by atoms with Crippen LogP contribution in [0, 0.1) is 19.3 Å². The molecule has 1 aliphatic rings. The number of anilines is 1. The number of hydrogen-bond donors (Lipinski definition) is 1. The van der Waals surface area contributed by atoms with Gasteiger partial charge in [-0.15, -0.1) is 0 Å². The van der Waals surface area contributed by atoms with Gasteiger partial charge in [0, 0.05) is 18.8 Å². The maximum Gasteiger partial charge on any atom is 0.239 e. The number of aryl methyl sites for hydroxylation is 2. The van der Waals surface area contributed by atoms with Gasteiger partial charge in [-0.25, -0.2) is 0 Å². The quantitative estimate of drug-likeness (QED) is 0.870. The van der Waals surface area contributed by atoms with Crippen LogP contribution in [0.2, 0.25) is 0 Å². The molecule has 5 heteroatoms. The van der Waals surface area contributed by atoms with Crippen molar-refractivity contribution in [2.24, 2.45) is 5.41 Å². The number of benzene rings is 1. The molecule has 5 nitrogen and oxygen atoms in total. The minimum atomic E-state index is -1.10. The third-order valence-electron chi connectivity index (χ3n) is 3.88. The number of carbonyl (C=O) groups is 2. The topological polar surface area (TPSA) is 58.6 Å². The Morgan fingerprint density at radius 1 is 1.09 bits per heavy atom. The molecule has 0 atom stereocenters. The maximum atomic E-state index is 12.6. The molecule has 1 aromatic rings. The monoisotopic (exact) mass is 304 g/mol. The van der Waals surface area contributed by atoms with E-state index in [1.807, 2.05) is 32.0 Å². The van der Waals surface area contributed by atoms with Gasteiger partial charge in [0.15, 0.2) is 0 Å². The minimum absolute atomic E-state index is 0.155. The molecule has 0 radical (unpaired) electrons. The van der Waals surface area contributed by atoms with E-state index in [0.29, 0.717) is 26.3 Å². The number of amides is 2. The average Bonchev–Trinajstić information content (AvgIpc) is 2.46. The zero-order valence-corrected chi connectivity index (χ0v) is 13.7. The van der Waals surface area contributed by atoms with E-state index in [9.17, 15) is 9.59 Å². The Labute approximate surface area is 131 Å². The Hall–Kier alpha value is -1.88. The lowest BCUT2D eigenvalue weighted by atomic mass is 9.90. The molecule has 0 saturated carbocycles. The molecule has 0 bridgehead atoms. The molecule has 2 amide bonds. The summed E-state index contributed by atoms with van der Waals surface area (Å²) in [5.74, 6) is -0.438. The predicted molar refractivity (Wildman–Crippen MR) is 85.7 cm³/mol. The first-order valence-electron chi connectivity index (χ1n) is 7.57. The van der Waals surface area contributed by atoms with Gasteiger partial charge in [0.2, 0.25) is 11.8 Å². The lowest BCUT2D eigenvalue weighted by molar-refractivity contribution is -0.149. The van der Waals surface area contributed by atoms with Gasteiger partial charge in [0.05, 0.1) is 13.2 Å². The highest BCUT2D eigenvalue weighted by Gasteiger charge is 2.39. The minimum Gasteiger partial charge on any atom is -0.378 e. The molecule has 1 aliphatic heterocycles. The summed E-state index contributed by atoms with van der Waals surface area (Å²) in [5, 5.41) is 2.87. The van der Waals surface area contributed by atoms with Gasteiger partial charge < -0.3 is 15.0 Å². The molecule has 1 heterocycles. The van der Waals surface area contributed by atoms with Gasteiger partial charge >= 0.3 is 0 Å². The molecule has 0 aliphatic carbocycles. The highest BCUT2D eigenvalue weighted by atomic mass is 16.5. The van der Waals surface area contributed by atoms with Crippen molar-refractivity contribution < 1.29 is 14.3 Å². The standard InChI is InChI=1S/C17H24N2O3/c1-12-9-13(2)11-14(10-12)18-15(20)17(3,4)16(21)19-5-7-22-8-6-19/h9-11H,5-8H2,1-4H3,(H,18,20).